The molecule has 1 aromatic heterocycles. The first-order valence-electron chi connectivity index (χ1n) is 4.66. The molecule has 0 aliphatic heterocycles. The van der Waals surface area contributed by atoms with Crippen molar-refractivity contribution in [2.45, 2.75) is 26.8 Å². The molecule has 0 saturated carbocycles. The van der Waals surface area contributed by atoms with Crippen LogP contribution in [0.3, 0.4) is 0 Å². The lowest BCUT2D eigenvalue weighted by atomic mass is 10.4. The van der Waals surface area contributed by atoms with Gasteiger partial charge in [0.05, 0.1) is 0 Å². The van der Waals surface area contributed by atoms with Crippen LogP contribution in [0.4, 0.5) is 11.8 Å². The van der Waals surface area contributed by atoms with Gasteiger partial charge in [0, 0.05) is 18.7 Å². The van der Waals surface area contributed by atoms with Crippen LogP contribution in [-0.4, -0.2) is 22.6 Å². The number of halogens is 1. The second-order valence-corrected chi connectivity index (χ2v) is 3.62. The number of hydrogen-bond acceptors (Lipinski definition) is 4. The molecule has 0 fully saturated rings. The molecule has 1 heterocycles. The van der Waals surface area contributed by atoms with Crippen LogP contribution >= 0.6 is 11.6 Å². The zero-order valence-corrected chi connectivity index (χ0v) is 9.39. The van der Waals surface area contributed by atoms with Crippen LogP contribution in [0.2, 0.25) is 5.15 Å². The zero-order chi connectivity index (χ0) is 10.6. The van der Waals surface area contributed by atoms with Gasteiger partial charge in [-0.25, -0.2) is 4.98 Å². The fourth-order valence-electron chi connectivity index (χ4n) is 1.01. The third kappa shape index (κ3) is 3.38. The van der Waals surface area contributed by atoms with Gasteiger partial charge in [-0.2, -0.15) is 4.98 Å². The molecule has 5 heteroatoms. The predicted octanol–water partition coefficient (Wildman–Crippen LogP) is 2.38. The van der Waals surface area contributed by atoms with Crippen LogP contribution in [0.25, 0.3) is 0 Å². The minimum absolute atomic E-state index is 0.294. The Bertz CT molecular complexity index is 301. The summed E-state index contributed by atoms with van der Waals surface area (Å²) in [5.74, 6) is 1.30. The minimum Gasteiger partial charge on any atom is -0.370 e. The predicted molar refractivity (Wildman–Crippen MR) is 60.0 cm³/mol. The fourth-order valence-corrected chi connectivity index (χ4v) is 1.20. The maximum absolute atomic E-state index is 5.84. The minimum atomic E-state index is 0.294. The lowest BCUT2D eigenvalue weighted by molar-refractivity contribution is 0.874. The second-order valence-electron chi connectivity index (χ2n) is 3.23. The highest BCUT2D eigenvalue weighted by Gasteiger charge is 2.03. The Morgan fingerprint density at radius 2 is 2.14 bits per heavy atom. The van der Waals surface area contributed by atoms with Crippen molar-refractivity contribution in [3.05, 3.63) is 11.2 Å². The first-order valence-corrected chi connectivity index (χ1v) is 5.04. The molecular weight excluding hydrogens is 200 g/mol. The van der Waals surface area contributed by atoms with Gasteiger partial charge in [-0.1, -0.05) is 11.6 Å². The standard InChI is InChI=1S/C9H15ClN4/c1-4-11-8-5-7(10)13-9(14-8)12-6(2)3/h5-6H,4H2,1-3H3,(H2,11,12,13,14). The molecule has 78 valence electrons. The number of aromatic nitrogens is 2. The van der Waals surface area contributed by atoms with Crippen LogP contribution in [0.15, 0.2) is 6.07 Å². The van der Waals surface area contributed by atoms with Gasteiger partial charge in [-0.05, 0) is 20.8 Å². The smallest absolute Gasteiger partial charge is 0.226 e. The van der Waals surface area contributed by atoms with Crippen LogP contribution in [0.1, 0.15) is 20.8 Å². The zero-order valence-electron chi connectivity index (χ0n) is 8.63. The first-order chi connectivity index (χ1) is 6.61. The maximum Gasteiger partial charge on any atom is 0.226 e. The summed E-state index contributed by atoms with van der Waals surface area (Å²) in [4.78, 5) is 8.31. The van der Waals surface area contributed by atoms with Crippen molar-refractivity contribution in [3.63, 3.8) is 0 Å². The Labute approximate surface area is 89.1 Å². The molecule has 1 rings (SSSR count). The molecule has 0 aliphatic carbocycles. The largest absolute Gasteiger partial charge is 0.370 e. The van der Waals surface area contributed by atoms with Crippen molar-refractivity contribution in [3.8, 4) is 0 Å². The SMILES string of the molecule is CCNc1cc(Cl)nc(NC(C)C)n1. The summed E-state index contributed by atoms with van der Waals surface area (Å²) < 4.78 is 0. The number of hydrogen-bond donors (Lipinski definition) is 2. The summed E-state index contributed by atoms with van der Waals surface area (Å²) in [5, 5.41) is 6.63. The quantitative estimate of drug-likeness (QED) is 0.756. The van der Waals surface area contributed by atoms with E-state index in [1.165, 1.54) is 0 Å². The molecule has 0 unspecified atom stereocenters. The van der Waals surface area contributed by atoms with Gasteiger partial charge >= 0.3 is 0 Å². The van der Waals surface area contributed by atoms with Gasteiger partial charge in [0.2, 0.25) is 5.95 Å². The van der Waals surface area contributed by atoms with Crippen molar-refractivity contribution in [1.82, 2.24) is 9.97 Å². The molecule has 14 heavy (non-hydrogen) atoms. The van der Waals surface area contributed by atoms with Gasteiger partial charge in [0.25, 0.3) is 0 Å². The summed E-state index contributed by atoms with van der Waals surface area (Å²) in [6, 6.07) is 2.00. The van der Waals surface area contributed by atoms with E-state index in [0.29, 0.717) is 17.1 Å². The molecule has 0 spiro atoms. The lowest BCUT2D eigenvalue weighted by Crippen LogP contribution is -2.13. The molecule has 0 saturated heterocycles. The Hall–Kier alpha value is -1.03. The van der Waals surface area contributed by atoms with Gasteiger partial charge in [0.15, 0.2) is 0 Å². The van der Waals surface area contributed by atoms with Gasteiger partial charge in [-0.3, -0.25) is 0 Å². The van der Waals surface area contributed by atoms with Crippen molar-refractivity contribution >= 4 is 23.4 Å². The van der Waals surface area contributed by atoms with Crippen molar-refractivity contribution in [2.24, 2.45) is 0 Å². The average molecular weight is 215 g/mol. The van der Waals surface area contributed by atoms with E-state index < -0.39 is 0 Å². The summed E-state index contributed by atoms with van der Waals surface area (Å²) in [7, 11) is 0. The van der Waals surface area contributed by atoms with Gasteiger partial charge in [0.1, 0.15) is 11.0 Å². The van der Waals surface area contributed by atoms with E-state index in [2.05, 4.69) is 20.6 Å². The monoisotopic (exact) mass is 214 g/mol. The van der Waals surface area contributed by atoms with Crippen LogP contribution < -0.4 is 10.6 Å². The highest BCUT2D eigenvalue weighted by atomic mass is 35.5. The Morgan fingerprint density at radius 1 is 1.43 bits per heavy atom. The lowest BCUT2D eigenvalue weighted by Gasteiger charge is -2.10. The molecule has 4 nitrogen and oxygen atoms in total. The number of anilines is 2. The molecule has 0 aromatic carbocycles. The summed E-state index contributed by atoms with van der Waals surface area (Å²) in [5.41, 5.74) is 0. The first kappa shape index (κ1) is 11.0. The highest BCUT2D eigenvalue weighted by molar-refractivity contribution is 6.29. The molecular formula is C9H15ClN4. The Kier molecular flexibility index (Phi) is 3.95. The second kappa shape index (κ2) is 5.00. The highest BCUT2D eigenvalue weighted by Crippen LogP contribution is 2.14. The Morgan fingerprint density at radius 3 is 2.71 bits per heavy atom. The van der Waals surface area contributed by atoms with E-state index in [4.69, 9.17) is 11.6 Å². The number of nitrogens with zero attached hydrogens (tertiary/aromatic N) is 2. The summed E-state index contributed by atoms with van der Waals surface area (Å²) in [6.07, 6.45) is 0. The van der Waals surface area contributed by atoms with Gasteiger partial charge in [-0.15, -0.1) is 0 Å². The van der Waals surface area contributed by atoms with E-state index >= 15 is 0 Å². The van der Waals surface area contributed by atoms with Crippen molar-refractivity contribution in [1.29, 1.82) is 0 Å². The van der Waals surface area contributed by atoms with E-state index in [1.807, 2.05) is 20.8 Å². The maximum atomic E-state index is 5.84. The Balaban J connectivity index is 2.83. The molecule has 2 N–H and O–H groups in total. The van der Waals surface area contributed by atoms with E-state index in [9.17, 15) is 0 Å². The molecule has 0 atom stereocenters. The van der Waals surface area contributed by atoms with E-state index in [1.54, 1.807) is 6.07 Å². The van der Waals surface area contributed by atoms with Crippen molar-refractivity contribution in [2.75, 3.05) is 17.2 Å². The molecule has 0 radical (unpaired) electrons. The average Bonchev–Trinajstić information content (AvgIpc) is 2.01. The molecule has 0 bridgehead atoms. The van der Waals surface area contributed by atoms with Crippen molar-refractivity contribution < 1.29 is 0 Å². The topological polar surface area (TPSA) is 49.8 Å². The number of nitrogens with one attached hydrogen (secondary N) is 2. The van der Waals surface area contributed by atoms with Crippen LogP contribution in [0, 0.1) is 0 Å². The normalized spacial score (nSPS) is 10.4. The molecule has 0 amide bonds. The summed E-state index contributed by atoms with van der Waals surface area (Å²) >= 11 is 5.84. The fraction of sp³-hybridized carbons (Fsp3) is 0.556. The van der Waals surface area contributed by atoms with Crippen LogP contribution in [-0.2, 0) is 0 Å². The third-order valence-corrected chi connectivity index (χ3v) is 1.66. The third-order valence-electron chi connectivity index (χ3n) is 1.47. The summed E-state index contributed by atoms with van der Waals surface area (Å²) in [6.45, 7) is 6.87. The van der Waals surface area contributed by atoms with Crippen LogP contribution in [0.5, 0.6) is 0 Å². The number of rotatable bonds is 4. The van der Waals surface area contributed by atoms with E-state index in [-0.39, 0.29) is 0 Å². The van der Waals surface area contributed by atoms with Gasteiger partial charge < -0.3 is 10.6 Å². The molecule has 0 aliphatic rings. The van der Waals surface area contributed by atoms with E-state index in [0.717, 1.165) is 12.4 Å². The molecule has 1 aromatic rings.